The Kier molecular flexibility index (Phi) is 3.51. The van der Waals surface area contributed by atoms with Crippen molar-refractivity contribution in [3.63, 3.8) is 0 Å². The van der Waals surface area contributed by atoms with E-state index in [1.54, 1.807) is 17.0 Å². The first-order chi connectivity index (χ1) is 13.1. The van der Waals surface area contributed by atoms with Crippen LogP contribution in [0.1, 0.15) is 11.1 Å². The lowest BCUT2D eigenvalue weighted by molar-refractivity contribution is -0.144. The molecule has 2 aliphatic heterocycles. The minimum absolute atomic E-state index is 0.110. The summed E-state index contributed by atoms with van der Waals surface area (Å²) in [5, 5.41) is 0.508. The summed E-state index contributed by atoms with van der Waals surface area (Å²) < 4.78 is 0. The molecule has 0 saturated carbocycles. The molecule has 2 heterocycles. The molecule has 132 valence electrons. The van der Waals surface area contributed by atoms with Gasteiger partial charge in [0.05, 0.1) is 0 Å². The minimum Gasteiger partial charge on any atom is -0.289 e. The van der Waals surface area contributed by atoms with Crippen LogP contribution in [0.25, 0.3) is 0 Å². The van der Waals surface area contributed by atoms with Crippen LogP contribution in [0, 0.1) is 0 Å². The van der Waals surface area contributed by atoms with Gasteiger partial charge in [-0.2, -0.15) is 0 Å². The van der Waals surface area contributed by atoms with Crippen molar-refractivity contribution in [2.24, 2.45) is 0 Å². The molecule has 0 radical (unpaired) electrons. The molecule has 3 aromatic rings. The van der Waals surface area contributed by atoms with Gasteiger partial charge in [-0.25, -0.2) is 0 Å². The number of halogens is 1. The summed E-state index contributed by atoms with van der Waals surface area (Å²) in [6.45, 7) is 0. The van der Waals surface area contributed by atoms with E-state index in [1.165, 1.54) is 11.8 Å². The molecule has 0 spiro atoms. The van der Waals surface area contributed by atoms with Crippen LogP contribution in [0.5, 0.6) is 0 Å². The van der Waals surface area contributed by atoms with Gasteiger partial charge in [0.15, 0.2) is 10.3 Å². The van der Waals surface area contributed by atoms with Crippen LogP contribution in [-0.2, 0) is 19.9 Å². The predicted molar refractivity (Wildman–Crippen MR) is 108 cm³/mol. The number of thioether (sulfide) groups is 1. The van der Waals surface area contributed by atoms with E-state index in [-0.39, 0.29) is 11.0 Å². The fourth-order valence-electron chi connectivity index (χ4n) is 4.16. The van der Waals surface area contributed by atoms with Crippen molar-refractivity contribution in [3.05, 3.63) is 101 Å². The summed E-state index contributed by atoms with van der Waals surface area (Å²) in [6, 6.07) is 26.3. The second kappa shape index (κ2) is 5.72. The fraction of sp³-hybridized carbons (Fsp3) is 0.0909. The lowest BCUT2D eigenvalue weighted by atomic mass is 9.62. The molecular formula is C22H14ClNO2S. The van der Waals surface area contributed by atoms with E-state index in [9.17, 15) is 9.59 Å². The van der Waals surface area contributed by atoms with Crippen LogP contribution in [0.2, 0.25) is 5.02 Å². The molecule has 3 aromatic carbocycles. The van der Waals surface area contributed by atoms with Crippen LogP contribution >= 0.6 is 23.4 Å². The van der Waals surface area contributed by atoms with Crippen molar-refractivity contribution in [3.8, 4) is 0 Å². The largest absolute Gasteiger partial charge is 0.289 e. The maximum absolute atomic E-state index is 13.5. The second-order valence-corrected chi connectivity index (χ2v) is 8.23. The summed E-state index contributed by atoms with van der Waals surface area (Å²) in [6.07, 6.45) is 0. The number of β-lactam (4-membered cyclic amide) rings is 1. The zero-order valence-corrected chi connectivity index (χ0v) is 15.7. The van der Waals surface area contributed by atoms with E-state index in [4.69, 9.17) is 11.6 Å². The molecule has 3 nitrogen and oxygen atoms in total. The molecule has 2 aliphatic rings. The Morgan fingerprint density at radius 3 is 1.93 bits per heavy atom. The van der Waals surface area contributed by atoms with E-state index in [0.717, 1.165) is 16.8 Å². The van der Waals surface area contributed by atoms with Gasteiger partial charge in [-0.3, -0.25) is 14.5 Å². The summed E-state index contributed by atoms with van der Waals surface area (Å²) in [5.74, 6) is -0.182. The predicted octanol–water partition coefficient (Wildman–Crippen LogP) is 4.75. The quantitative estimate of drug-likeness (QED) is 0.477. The van der Waals surface area contributed by atoms with E-state index in [2.05, 4.69) is 0 Å². The highest BCUT2D eigenvalue weighted by Gasteiger charge is 2.85. The first-order valence-electron chi connectivity index (χ1n) is 8.57. The number of carbonyl (C=O) groups excluding carboxylic acids is 2. The highest BCUT2D eigenvalue weighted by molar-refractivity contribution is 8.17. The molecule has 5 heteroatoms. The first kappa shape index (κ1) is 16.6. The standard InChI is InChI=1S/C22H14ClNO2S/c23-17-13-11-16(12-14-17)22-21(20(26)27-22,15-7-3-1-4-8-15)19(25)24(22)18-9-5-2-6-10-18/h1-14H. The van der Waals surface area contributed by atoms with Gasteiger partial charge in [-0.05, 0) is 35.4 Å². The Bertz CT molecular complexity index is 1050. The SMILES string of the molecule is O=C1SC2(c3ccc(Cl)cc3)N(c3ccccc3)C(=O)C12c1ccccc1. The minimum atomic E-state index is -1.19. The number of hydrogen-bond donors (Lipinski definition) is 0. The van der Waals surface area contributed by atoms with E-state index in [1.807, 2.05) is 72.8 Å². The molecule has 0 aromatic heterocycles. The number of carbonyl (C=O) groups is 2. The Hall–Kier alpha value is -2.56. The van der Waals surface area contributed by atoms with Crippen molar-refractivity contribution >= 4 is 40.1 Å². The summed E-state index contributed by atoms with van der Waals surface area (Å²) in [4.78, 5) is 27.4. The molecule has 1 amide bonds. The van der Waals surface area contributed by atoms with Crippen LogP contribution < -0.4 is 4.90 Å². The van der Waals surface area contributed by atoms with Gasteiger partial charge in [-0.15, -0.1) is 0 Å². The Labute approximate surface area is 166 Å². The number of benzene rings is 3. The third-order valence-corrected chi connectivity index (χ3v) is 7.11. The van der Waals surface area contributed by atoms with E-state index >= 15 is 0 Å². The van der Waals surface area contributed by atoms with Gasteiger partial charge in [-0.1, -0.05) is 84.0 Å². The zero-order chi connectivity index (χ0) is 18.6. The number of fused-ring (bicyclic) bond motifs is 1. The molecule has 2 fully saturated rings. The molecule has 2 atom stereocenters. The summed E-state index contributed by atoms with van der Waals surface area (Å²) in [5.41, 5.74) is 1.22. The van der Waals surface area contributed by atoms with Gasteiger partial charge in [0.1, 0.15) is 0 Å². The molecule has 0 bridgehead atoms. The average Bonchev–Trinajstić information content (AvgIpc) is 2.69. The molecule has 5 rings (SSSR count). The van der Waals surface area contributed by atoms with Crippen molar-refractivity contribution in [1.82, 2.24) is 0 Å². The Morgan fingerprint density at radius 1 is 0.741 bits per heavy atom. The molecule has 2 saturated heterocycles. The van der Waals surface area contributed by atoms with Crippen LogP contribution in [0.4, 0.5) is 5.69 Å². The summed E-state index contributed by atoms with van der Waals surface area (Å²) in [7, 11) is 0. The van der Waals surface area contributed by atoms with Crippen molar-refractivity contribution in [2.75, 3.05) is 4.90 Å². The monoisotopic (exact) mass is 391 g/mol. The first-order valence-corrected chi connectivity index (χ1v) is 9.76. The number of para-hydroxylation sites is 1. The third kappa shape index (κ3) is 1.89. The number of nitrogens with zero attached hydrogens (tertiary/aromatic N) is 1. The molecule has 2 unspecified atom stereocenters. The van der Waals surface area contributed by atoms with Gasteiger partial charge in [0.25, 0.3) is 5.91 Å². The zero-order valence-electron chi connectivity index (χ0n) is 14.1. The maximum atomic E-state index is 13.5. The Balaban J connectivity index is 1.76. The van der Waals surface area contributed by atoms with E-state index < -0.39 is 10.3 Å². The number of amides is 1. The highest BCUT2D eigenvalue weighted by atomic mass is 35.5. The van der Waals surface area contributed by atoms with Crippen LogP contribution in [0.15, 0.2) is 84.9 Å². The lowest BCUT2D eigenvalue weighted by Crippen LogP contribution is -2.85. The van der Waals surface area contributed by atoms with Crippen LogP contribution in [-0.4, -0.2) is 11.0 Å². The van der Waals surface area contributed by atoms with Gasteiger partial charge in [0, 0.05) is 10.7 Å². The molecule has 27 heavy (non-hydrogen) atoms. The van der Waals surface area contributed by atoms with Gasteiger partial charge < -0.3 is 0 Å². The normalized spacial score (nSPS) is 26.2. The lowest BCUT2D eigenvalue weighted by Gasteiger charge is -2.69. The highest BCUT2D eigenvalue weighted by Crippen LogP contribution is 2.73. The van der Waals surface area contributed by atoms with Gasteiger partial charge >= 0.3 is 0 Å². The van der Waals surface area contributed by atoms with Crippen molar-refractivity contribution < 1.29 is 9.59 Å². The number of hydrogen-bond acceptors (Lipinski definition) is 3. The maximum Gasteiger partial charge on any atom is 0.251 e. The number of anilines is 1. The molecule has 0 N–H and O–H groups in total. The van der Waals surface area contributed by atoms with Crippen LogP contribution in [0.3, 0.4) is 0 Å². The third-order valence-electron chi connectivity index (χ3n) is 5.35. The molecule has 0 aliphatic carbocycles. The molecular weight excluding hydrogens is 378 g/mol. The average molecular weight is 392 g/mol. The Morgan fingerprint density at radius 2 is 1.33 bits per heavy atom. The van der Waals surface area contributed by atoms with Crippen molar-refractivity contribution in [1.29, 1.82) is 0 Å². The van der Waals surface area contributed by atoms with E-state index in [0.29, 0.717) is 5.02 Å². The summed E-state index contributed by atoms with van der Waals surface area (Å²) >= 11 is 7.29. The fourth-order valence-corrected chi connectivity index (χ4v) is 5.90. The smallest absolute Gasteiger partial charge is 0.251 e. The second-order valence-electron chi connectivity index (χ2n) is 6.63. The topological polar surface area (TPSA) is 37.4 Å². The van der Waals surface area contributed by atoms with Gasteiger partial charge in [0.2, 0.25) is 5.12 Å². The van der Waals surface area contributed by atoms with Crippen molar-refractivity contribution in [2.45, 2.75) is 10.3 Å². The number of rotatable bonds is 3.